The smallest absolute Gasteiger partial charge is 0.245 e. The van der Waals surface area contributed by atoms with Crippen LogP contribution in [-0.4, -0.2) is 33.9 Å². The molecule has 1 aliphatic heterocycles. The van der Waals surface area contributed by atoms with E-state index >= 15 is 0 Å². The summed E-state index contributed by atoms with van der Waals surface area (Å²) in [5, 5.41) is 7.35. The highest BCUT2D eigenvalue weighted by Crippen LogP contribution is 2.30. The molecule has 2 aromatic rings. The van der Waals surface area contributed by atoms with Crippen molar-refractivity contribution in [3.63, 3.8) is 0 Å². The predicted molar refractivity (Wildman–Crippen MR) is 85.6 cm³/mol. The zero-order valence-electron chi connectivity index (χ0n) is 13.3. The first-order valence-electron chi connectivity index (χ1n) is 8.03. The normalized spacial score (nSPS) is 18.3. The minimum Gasteiger partial charge on any atom is -0.381 e. The fourth-order valence-electron chi connectivity index (χ4n) is 2.99. The molecule has 2 aromatic heterocycles. The predicted octanol–water partition coefficient (Wildman–Crippen LogP) is 2.12. The lowest BCUT2D eigenvalue weighted by atomic mass is 9.87. The Labute approximate surface area is 135 Å². The van der Waals surface area contributed by atoms with E-state index in [1.165, 1.54) is 0 Å². The van der Waals surface area contributed by atoms with E-state index in [0.717, 1.165) is 31.6 Å². The van der Waals surface area contributed by atoms with Crippen LogP contribution in [0.4, 0.5) is 0 Å². The van der Waals surface area contributed by atoms with Gasteiger partial charge in [0.25, 0.3) is 0 Å². The van der Waals surface area contributed by atoms with E-state index in [4.69, 9.17) is 4.74 Å². The number of pyridine rings is 1. The summed E-state index contributed by atoms with van der Waals surface area (Å²) in [5.41, 5.74) is 1.04. The summed E-state index contributed by atoms with van der Waals surface area (Å²) >= 11 is 0. The van der Waals surface area contributed by atoms with E-state index in [-0.39, 0.29) is 18.0 Å². The van der Waals surface area contributed by atoms with Gasteiger partial charge in [0.1, 0.15) is 6.04 Å². The van der Waals surface area contributed by atoms with Crippen LogP contribution in [0, 0.1) is 5.92 Å². The van der Waals surface area contributed by atoms with Crippen LogP contribution in [0.25, 0.3) is 0 Å². The number of carbonyl (C=O) groups excluding carboxylic acids is 1. The highest BCUT2D eigenvalue weighted by Gasteiger charge is 2.28. The van der Waals surface area contributed by atoms with E-state index < -0.39 is 0 Å². The molecular formula is C17H22N4O2. The van der Waals surface area contributed by atoms with Gasteiger partial charge in [-0.25, -0.2) is 0 Å². The molecule has 122 valence electrons. The third-order valence-electron chi connectivity index (χ3n) is 4.38. The van der Waals surface area contributed by atoms with Crippen LogP contribution in [-0.2, 0) is 9.53 Å². The van der Waals surface area contributed by atoms with Crippen molar-refractivity contribution in [2.24, 2.45) is 5.92 Å². The molecular weight excluding hydrogens is 292 g/mol. The van der Waals surface area contributed by atoms with E-state index in [1.54, 1.807) is 23.3 Å². The van der Waals surface area contributed by atoms with Crippen molar-refractivity contribution in [1.29, 1.82) is 0 Å². The Morgan fingerprint density at radius 1 is 1.35 bits per heavy atom. The number of hydrogen-bond donors (Lipinski definition) is 1. The highest BCUT2D eigenvalue weighted by molar-refractivity contribution is 5.80. The fourth-order valence-corrected chi connectivity index (χ4v) is 2.99. The van der Waals surface area contributed by atoms with E-state index in [1.807, 2.05) is 31.3 Å². The minimum atomic E-state index is -0.344. The first-order chi connectivity index (χ1) is 11.3. The molecule has 1 N–H and O–H groups in total. The number of nitrogens with zero attached hydrogens (tertiary/aromatic N) is 3. The van der Waals surface area contributed by atoms with Gasteiger partial charge < -0.3 is 10.1 Å². The van der Waals surface area contributed by atoms with Gasteiger partial charge in [-0.15, -0.1) is 0 Å². The van der Waals surface area contributed by atoms with Gasteiger partial charge in [0.05, 0.1) is 6.04 Å². The SMILES string of the molecule is C[C@@H](C(=O)N[C@H](c1cccnc1)C1CCOCC1)n1cccn1. The van der Waals surface area contributed by atoms with Crippen LogP contribution in [0.15, 0.2) is 43.0 Å². The molecule has 0 radical (unpaired) electrons. The molecule has 0 saturated carbocycles. The maximum absolute atomic E-state index is 12.6. The van der Waals surface area contributed by atoms with E-state index in [0.29, 0.717) is 5.92 Å². The Morgan fingerprint density at radius 2 is 2.17 bits per heavy atom. The summed E-state index contributed by atoms with van der Waals surface area (Å²) in [6, 6.07) is 5.36. The first-order valence-corrected chi connectivity index (χ1v) is 8.03. The third kappa shape index (κ3) is 3.76. The topological polar surface area (TPSA) is 69.0 Å². The molecule has 1 aliphatic rings. The van der Waals surface area contributed by atoms with Crippen LogP contribution < -0.4 is 5.32 Å². The molecule has 3 heterocycles. The van der Waals surface area contributed by atoms with Crippen LogP contribution in [0.3, 0.4) is 0 Å². The quantitative estimate of drug-likeness (QED) is 0.918. The van der Waals surface area contributed by atoms with Crippen LogP contribution in [0.5, 0.6) is 0 Å². The summed E-state index contributed by atoms with van der Waals surface area (Å²) < 4.78 is 7.12. The molecule has 6 nitrogen and oxygen atoms in total. The molecule has 6 heteroatoms. The van der Waals surface area contributed by atoms with Gasteiger partial charge in [-0.2, -0.15) is 5.10 Å². The Morgan fingerprint density at radius 3 is 2.83 bits per heavy atom. The highest BCUT2D eigenvalue weighted by atomic mass is 16.5. The molecule has 3 rings (SSSR count). The van der Waals surface area contributed by atoms with Gasteiger partial charge in [-0.05, 0) is 43.4 Å². The van der Waals surface area contributed by atoms with Crippen molar-refractivity contribution < 1.29 is 9.53 Å². The van der Waals surface area contributed by atoms with Crippen LogP contribution in [0.2, 0.25) is 0 Å². The molecule has 0 aromatic carbocycles. The van der Waals surface area contributed by atoms with Gasteiger partial charge in [0, 0.05) is 38.0 Å². The van der Waals surface area contributed by atoms with Gasteiger partial charge in [0.15, 0.2) is 0 Å². The summed E-state index contributed by atoms with van der Waals surface area (Å²) in [6.45, 7) is 3.34. The van der Waals surface area contributed by atoms with Crippen molar-refractivity contribution in [3.8, 4) is 0 Å². The number of aromatic nitrogens is 3. The maximum Gasteiger partial charge on any atom is 0.245 e. The summed E-state index contributed by atoms with van der Waals surface area (Å²) in [4.78, 5) is 16.8. The Balaban J connectivity index is 1.76. The largest absolute Gasteiger partial charge is 0.381 e. The van der Waals surface area contributed by atoms with Crippen molar-refractivity contribution >= 4 is 5.91 Å². The first kappa shape index (κ1) is 15.7. The Hall–Kier alpha value is -2.21. The molecule has 23 heavy (non-hydrogen) atoms. The van der Waals surface area contributed by atoms with Crippen molar-refractivity contribution in [2.75, 3.05) is 13.2 Å². The molecule has 0 aliphatic carbocycles. The molecule has 0 unspecified atom stereocenters. The molecule has 2 atom stereocenters. The van der Waals surface area contributed by atoms with Crippen LogP contribution >= 0.6 is 0 Å². The molecule has 1 fully saturated rings. The van der Waals surface area contributed by atoms with Gasteiger partial charge in [-0.1, -0.05) is 6.07 Å². The van der Waals surface area contributed by atoms with Crippen molar-refractivity contribution in [2.45, 2.75) is 31.8 Å². The maximum atomic E-state index is 12.6. The lowest BCUT2D eigenvalue weighted by Gasteiger charge is -2.32. The number of amides is 1. The standard InChI is InChI=1S/C17H22N4O2/c1-13(21-9-3-8-19-21)17(22)20-16(14-5-10-23-11-6-14)15-4-2-7-18-12-15/h2-4,7-9,12-14,16H,5-6,10-11H2,1H3,(H,20,22)/t13-,16-/m0/s1. The van der Waals surface area contributed by atoms with Crippen LogP contribution in [0.1, 0.15) is 37.4 Å². The third-order valence-corrected chi connectivity index (χ3v) is 4.38. The molecule has 1 amide bonds. The number of ether oxygens (including phenoxy) is 1. The monoisotopic (exact) mass is 314 g/mol. The summed E-state index contributed by atoms with van der Waals surface area (Å²) in [5.74, 6) is 0.329. The number of carbonyl (C=O) groups is 1. The van der Waals surface area contributed by atoms with Gasteiger partial charge >= 0.3 is 0 Å². The molecule has 1 saturated heterocycles. The molecule has 0 bridgehead atoms. The average Bonchev–Trinajstić information content (AvgIpc) is 3.15. The Bertz CT molecular complexity index is 609. The van der Waals surface area contributed by atoms with E-state index in [9.17, 15) is 4.79 Å². The van der Waals surface area contributed by atoms with Crippen molar-refractivity contribution in [3.05, 3.63) is 48.5 Å². The summed E-state index contributed by atoms with van der Waals surface area (Å²) in [6.07, 6.45) is 8.95. The fraction of sp³-hybridized carbons (Fsp3) is 0.471. The zero-order valence-corrected chi connectivity index (χ0v) is 13.3. The second-order valence-corrected chi connectivity index (χ2v) is 5.88. The second-order valence-electron chi connectivity index (χ2n) is 5.88. The lowest BCUT2D eigenvalue weighted by molar-refractivity contribution is -0.125. The van der Waals surface area contributed by atoms with Gasteiger partial charge in [0.2, 0.25) is 5.91 Å². The van der Waals surface area contributed by atoms with Gasteiger partial charge in [-0.3, -0.25) is 14.5 Å². The number of rotatable bonds is 5. The second kappa shape index (κ2) is 7.37. The van der Waals surface area contributed by atoms with E-state index in [2.05, 4.69) is 15.4 Å². The average molecular weight is 314 g/mol. The Kier molecular flexibility index (Phi) is 5.02. The molecule has 0 spiro atoms. The lowest BCUT2D eigenvalue weighted by Crippen LogP contribution is -2.39. The minimum absolute atomic E-state index is 0.0333. The number of hydrogen-bond acceptors (Lipinski definition) is 4. The van der Waals surface area contributed by atoms with Crippen molar-refractivity contribution in [1.82, 2.24) is 20.1 Å². The number of nitrogens with one attached hydrogen (secondary N) is 1. The zero-order chi connectivity index (χ0) is 16.1. The summed E-state index contributed by atoms with van der Waals surface area (Å²) in [7, 11) is 0.